The number of para-hydroxylation sites is 1. The second-order valence-corrected chi connectivity index (χ2v) is 7.37. The molecule has 92 valence electrons. The summed E-state index contributed by atoms with van der Waals surface area (Å²) >= 11 is 4.58. The van der Waals surface area contributed by atoms with Gasteiger partial charge in [-0.25, -0.2) is 0 Å². The molecule has 2 atom stereocenters. The van der Waals surface area contributed by atoms with Crippen molar-refractivity contribution in [3.05, 3.63) is 29.8 Å². The lowest BCUT2D eigenvalue weighted by Crippen LogP contribution is -2.52. The molecule has 2 unspecified atom stereocenters. The zero-order chi connectivity index (χ0) is 12.1. The maximum atomic E-state index is 2.53. The van der Waals surface area contributed by atoms with E-state index in [0.29, 0.717) is 5.41 Å². The Labute approximate surface area is 122 Å². The fourth-order valence-electron chi connectivity index (χ4n) is 3.69. The van der Waals surface area contributed by atoms with Gasteiger partial charge in [-0.2, -0.15) is 0 Å². The Morgan fingerprint density at radius 2 is 1.94 bits per heavy atom. The average Bonchev–Trinajstić information content (AvgIpc) is 2.58. The molecule has 0 amide bonds. The number of halogens is 1. The molecule has 1 saturated carbocycles. The molecule has 1 aromatic carbocycles. The van der Waals surface area contributed by atoms with E-state index in [1.165, 1.54) is 31.4 Å². The van der Waals surface area contributed by atoms with Gasteiger partial charge in [0.2, 0.25) is 0 Å². The lowest BCUT2D eigenvalue weighted by Gasteiger charge is -2.49. The van der Waals surface area contributed by atoms with Gasteiger partial charge in [0.1, 0.15) is 4.87 Å². The van der Waals surface area contributed by atoms with E-state index in [9.17, 15) is 0 Å². The van der Waals surface area contributed by atoms with Crippen LogP contribution >= 0.6 is 34.6 Å². The summed E-state index contributed by atoms with van der Waals surface area (Å²) < 4.78 is 2.52. The third kappa shape index (κ3) is 1.38. The second kappa shape index (κ2) is 4.05. The van der Waals surface area contributed by atoms with Crippen LogP contribution in [0.2, 0.25) is 0 Å². The first-order valence-corrected chi connectivity index (χ1v) is 8.45. The maximum Gasteiger partial charge on any atom is 0.105 e. The molecule has 0 bridgehead atoms. The summed E-state index contributed by atoms with van der Waals surface area (Å²) in [6.07, 6.45) is 7.65. The van der Waals surface area contributed by atoms with Gasteiger partial charge in [0.25, 0.3) is 0 Å². The lowest BCUT2D eigenvalue weighted by molar-refractivity contribution is 0.270. The Kier molecular flexibility index (Phi) is 2.90. The van der Waals surface area contributed by atoms with Gasteiger partial charge in [0, 0.05) is 5.41 Å². The minimum absolute atomic E-state index is 0.273. The van der Waals surface area contributed by atoms with E-state index in [4.69, 9.17) is 0 Å². The summed E-state index contributed by atoms with van der Waals surface area (Å²) in [6, 6.07) is 8.98. The maximum absolute atomic E-state index is 2.53. The molecule has 1 nitrogen and oxygen atoms in total. The van der Waals surface area contributed by atoms with Crippen molar-refractivity contribution < 1.29 is 0 Å². The van der Waals surface area contributed by atoms with Crippen molar-refractivity contribution in [1.82, 2.24) is 0 Å². The molecule has 0 spiro atoms. The number of rotatable bonds is 1. The molecular weight excluding hydrogens is 341 g/mol. The fraction of sp³-hybridized carbons (Fsp3) is 0.571. The molecular formula is C14H18INS. The highest BCUT2D eigenvalue weighted by atomic mass is 127. The molecule has 3 heteroatoms. The van der Waals surface area contributed by atoms with Crippen LogP contribution in [-0.2, 0) is 5.41 Å². The summed E-state index contributed by atoms with van der Waals surface area (Å²) in [5.74, 6) is 0. The Morgan fingerprint density at radius 3 is 2.71 bits per heavy atom. The number of hydrogen-bond donors (Lipinski definition) is 0. The Bertz CT molecular complexity index is 450. The van der Waals surface area contributed by atoms with Crippen molar-refractivity contribution in [1.29, 1.82) is 0 Å². The van der Waals surface area contributed by atoms with Crippen LogP contribution in [0.3, 0.4) is 0 Å². The van der Waals surface area contributed by atoms with Crippen LogP contribution in [0.5, 0.6) is 0 Å². The molecule has 1 aliphatic carbocycles. The van der Waals surface area contributed by atoms with Crippen LogP contribution in [0.1, 0.15) is 38.2 Å². The SMILES string of the molecule is CSC12CCCCC1(C)c1ccccc1N2I. The van der Waals surface area contributed by atoms with E-state index in [-0.39, 0.29) is 4.87 Å². The summed E-state index contributed by atoms with van der Waals surface area (Å²) in [4.78, 5) is 0.273. The van der Waals surface area contributed by atoms with Gasteiger partial charge < -0.3 is 0 Å². The zero-order valence-electron chi connectivity index (χ0n) is 10.4. The highest BCUT2D eigenvalue weighted by Gasteiger charge is 2.59. The summed E-state index contributed by atoms with van der Waals surface area (Å²) in [5.41, 5.74) is 3.32. The number of hydrogen-bond acceptors (Lipinski definition) is 2. The van der Waals surface area contributed by atoms with Crippen LogP contribution in [0.15, 0.2) is 24.3 Å². The van der Waals surface area contributed by atoms with Crippen molar-refractivity contribution in [3.8, 4) is 0 Å². The highest BCUT2D eigenvalue weighted by molar-refractivity contribution is 14.1. The minimum atomic E-state index is 0.273. The fourth-order valence-corrected chi connectivity index (χ4v) is 6.74. The van der Waals surface area contributed by atoms with Crippen LogP contribution in [0.4, 0.5) is 5.69 Å². The molecule has 1 heterocycles. The monoisotopic (exact) mass is 359 g/mol. The standard InChI is InChI=1S/C14H18INS/c1-13-9-5-6-10-14(13,17-2)16(15)12-8-4-3-7-11(12)13/h3-4,7-8H,5-6,9-10H2,1-2H3. The molecule has 1 aliphatic heterocycles. The average molecular weight is 359 g/mol. The largest absolute Gasteiger partial charge is 0.298 e. The summed E-state index contributed by atoms with van der Waals surface area (Å²) in [5, 5.41) is 0. The van der Waals surface area contributed by atoms with E-state index in [1.54, 1.807) is 5.56 Å². The number of fused-ring (bicyclic) bond motifs is 3. The number of benzene rings is 1. The van der Waals surface area contributed by atoms with E-state index in [0.717, 1.165) is 0 Å². The first-order chi connectivity index (χ1) is 8.16. The van der Waals surface area contributed by atoms with Crippen molar-refractivity contribution in [2.24, 2.45) is 0 Å². The molecule has 0 aromatic heterocycles. The number of thioether (sulfide) groups is 1. The zero-order valence-corrected chi connectivity index (χ0v) is 13.3. The molecule has 1 aromatic rings. The predicted octanol–water partition coefficient (Wildman–Crippen LogP) is 4.75. The van der Waals surface area contributed by atoms with E-state index in [1.807, 2.05) is 11.8 Å². The summed E-state index contributed by atoms with van der Waals surface area (Å²) in [7, 11) is 0. The predicted molar refractivity (Wildman–Crippen MR) is 85.0 cm³/mol. The van der Waals surface area contributed by atoms with Gasteiger partial charge in [0.15, 0.2) is 0 Å². The third-order valence-corrected chi connectivity index (χ3v) is 7.85. The molecule has 1 fully saturated rings. The Morgan fingerprint density at radius 1 is 1.24 bits per heavy atom. The third-order valence-electron chi connectivity index (χ3n) is 4.67. The number of anilines is 1. The van der Waals surface area contributed by atoms with Crippen LogP contribution < -0.4 is 3.11 Å². The number of nitrogens with zero attached hydrogens (tertiary/aromatic N) is 1. The minimum Gasteiger partial charge on any atom is -0.298 e. The van der Waals surface area contributed by atoms with Gasteiger partial charge in [-0.1, -0.05) is 38.0 Å². The van der Waals surface area contributed by atoms with Gasteiger partial charge in [-0.05, 0) is 30.7 Å². The van der Waals surface area contributed by atoms with Crippen molar-refractivity contribution >= 4 is 40.3 Å². The van der Waals surface area contributed by atoms with Gasteiger partial charge in [-0.3, -0.25) is 3.11 Å². The van der Waals surface area contributed by atoms with Crippen LogP contribution in [0.25, 0.3) is 0 Å². The van der Waals surface area contributed by atoms with Crippen molar-refractivity contribution in [2.75, 3.05) is 9.37 Å². The normalized spacial score (nSPS) is 35.6. The smallest absolute Gasteiger partial charge is 0.105 e. The molecule has 17 heavy (non-hydrogen) atoms. The quantitative estimate of drug-likeness (QED) is 0.526. The molecule has 0 radical (unpaired) electrons. The van der Waals surface area contributed by atoms with Crippen LogP contribution in [0, 0.1) is 0 Å². The molecule has 0 saturated heterocycles. The van der Waals surface area contributed by atoms with E-state index >= 15 is 0 Å². The van der Waals surface area contributed by atoms with E-state index < -0.39 is 0 Å². The Hall–Kier alpha value is 0.1000. The second-order valence-electron chi connectivity index (χ2n) is 5.33. The summed E-state index contributed by atoms with van der Waals surface area (Å²) in [6.45, 7) is 2.47. The topological polar surface area (TPSA) is 3.24 Å². The first kappa shape index (κ1) is 12.2. The van der Waals surface area contributed by atoms with E-state index in [2.05, 4.69) is 63.4 Å². The van der Waals surface area contributed by atoms with Crippen molar-refractivity contribution in [2.45, 2.75) is 42.9 Å². The Balaban J connectivity index is 2.23. The van der Waals surface area contributed by atoms with Gasteiger partial charge >= 0.3 is 0 Å². The molecule has 0 N–H and O–H groups in total. The molecule has 3 rings (SSSR count). The van der Waals surface area contributed by atoms with Gasteiger partial charge in [-0.15, -0.1) is 11.8 Å². The van der Waals surface area contributed by atoms with Crippen LogP contribution in [-0.4, -0.2) is 11.1 Å². The highest BCUT2D eigenvalue weighted by Crippen LogP contribution is 2.63. The first-order valence-electron chi connectivity index (χ1n) is 6.26. The lowest BCUT2D eigenvalue weighted by atomic mass is 9.69. The van der Waals surface area contributed by atoms with Crippen molar-refractivity contribution in [3.63, 3.8) is 0 Å². The molecule has 2 aliphatic rings. The van der Waals surface area contributed by atoms with Gasteiger partial charge in [0.05, 0.1) is 28.6 Å².